The Morgan fingerprint density at radius 2 is 1.50 bits per heavy atom. The first-order chi connectivity index (χ1) is 8.98. The third-order valence-electron chi connectivity index (χ3n) is 3.84. The van der Waals surface area contributed by atoms with Gasteiger partial charge in [0.2, 0.25) is 0 Å². The molecule has 20 heavy (non-hydrogen) atoms. The molecule has 0 spiro atoms. The molecule has 1 aliphatic rings. The van der Waals surface area contributed by atoms with Gasteiger partial charge in [-0.1, -0.05) is 22.9 Å². The summed E-state index contributed by atoms with van der Waals surface area (Å²) in [6, 6.07) is 1.83. The van der Waals surface area contributed by atoms with Crippen molar-refractivity contribution in [2.24, 2.45) is 5.92 Å². The topological polar surface area (TPSA) is 0 Å². The predicted molar refractivity (Wildman–Crippen MR) is 65.7 cm³/mol. The predicted octanol–water partition coefficient (Wildman–Crippen LogP) is 5.40. The molecule has 0 saturated heterocycles. The Hall–Kier alpha value is -0.720. The van der Waals surface area contributed by atoms with Crippen LogP contribution < -0.4 is 0 Å². The van der Waals surface area contributed by atoms with Crippen LogP contribution in [0.5, 0.6) is 0 Å². The van der Waals surface area contributed by atoms with E-state index in [2.05, 4.69) is 15.9 Å². The number of hydrogen-bond acceptors (Lipinski definition) is 0. The summed E-state index contributed by atoms with van der Waals surface area (Å²) in [6.07, 6.45) is -8.99. The quantitative estimate of drug-likeness (QED) is 0.489. The van der Waals surface area contributed by atoms with Crippen LogP contribution in [-0.2, 0) is 17.8 Å². The van der Waals surface area contributed by atoms with Crippen LogP contribution >= 0.6 is 15.9 Å². The van der Waals surface area contributed by atoms with Gasteiger partial charge in [-0.3, -0.25) is 0 Å². The fraction of sp³-hybridized carbons (Fsp3) is 0.538. The van der Waals surface area contributed by atoms with Gasteiger partial charge in [-0.05, 0) is 41.5 Å². The second-order valence-corrected chi connectivity index (χ2v) is 5.91. The van der Waals surface area contributed by atoms with Gasteiger partial charge in [-0.25, -0.2) is 0 Å². The van der Waals surface area contributed by atoms with E-state index in [0.717, 1.165) is 12.1 Å². The highest BCUT2D eigenvalue weighted by Crippen LogP contribution is 2.55. The van der Waals surface area contributed by atoms with Crippen molar-refractivity contribution in [3.63, 3.8) is 0 Å². The van der Waals surface area contributed by atoms with E-state index in [4.69, 9.17) is 0 Å². The third-order valence-corrected chi connectivity index (χ3v) is 4.63. The Kier molecular flexibility index (Phi) is 3.64. The molecule has 0 radical (unpaired) electrons. The summed E-state index contributed by atoms with van der Waals surface area (Å²) in [6.45, 7) is 1.69. The van der Waals surface area contributed by atoms with E-state index in [1.165, 1.54) is 0 Å². The summed E-state index contributed by atoms with van der Waals surface area (Å²) in [5.74, 6) is 0.0621. The molecule has 1 saturated carbocycles. The molecule has 2 atom stereocenters. The highest BCUT2D eigenvalue weighted by atomic mass is 79.9. The molecule has 0 aliphatic heterocycles. The fourth-order valence-electron chi connectivity index (χ4n) is 2.32. The zero-order valence-electron chi connectivity index (χ0n) is 10.4. The van der Waals surface area contributed by atoms with Crippen LogP contribution in [0.4, 0.5) is 26.3 Å². The van der Waals surface area contributed by atoms with Crippen molar-refractivity contribution in [3.05, 3.63) is 34.9 Å². The number of benzene rings is 1. The van der Waals surface area contributed by atoms with Gasteiger partial charge in [-0.15, -0.1) is 0 Å². The first-order valence-electron chi connectivity index (χ1n) is 5.84. The van der Waals surface area contributed by atoms with Gasteiger partial charge < -0.3 is 0 Å². The second kappa shape index (κ2) is 4.64. The minimum absolute atomic E-state index is 0.0621. The Morgan fingerprint density at radius 1 is 1.05 bits per heavy atom. The molecule has 1 aromatic rings. The summed E-state index contributed by atoms with van der Waals surface area (Å²) in [5.41, 5.74) is -3.01. The molecule has 2 rings (SSSR count). The van der Waals surface area contributed by atoms with Crippen LogP contribution in [0, 0.1) is 5.92 Å². The van der Waals surface area contributed by atoms with E-state index in [0.29, 0.717) is 11.8 Å². The van der Waals surface area contributed by atoms with Crippen LogP contribution in [0.2, 0.25) is 0 Å². The van der Waals surface area contributed by atoms with Crippen LogP contribution in [0.15, 0.2) is 18.2 Å². The maximum absolute atomic E-state index is 12.7. The smallest absolute Gasteiger partial charge is 0.166 e. The fourth-order valence-corrected chi connectivity index (χ4v) is 3.26. The molecule has 1 aromatic carbocycles. The van der Waals surface area contributed by atoms with Crippen molar-refractivity contribution in [3.8, 4) is 0 Å². The molecule has 0 bridgehead atoms. The van der Waals surface area contributed by atoms with Crippen molar-refractivity contribution in [1.29, 1.82) is 0 Å². The maximum atomic E-state index is 12.7. The van der Waals surface area contributed by atoms with E-state index < -0.39 is 28.9 Å². The molecule has 1 aliphatic carbocycles. The van der Waals surface area contributed by atoms with Crippen LogP contribution in [0.1, 0.15) is 30.0 Å². The third kappa shape index (κ3) is 2.82. The van der Waals surface area contributed by atoms with Crippen LogP contribution in [0.3, 0.4) is 0 Å². The minimum atomic E-state index is -4.79. The molecule has 0 aromatic heterocycles. The minimum Gasteiger partial charge on any atom is -0.166 e. The Morgan fingerprint density at radius 3 is 1.80 bits per heavy atom. The normalized spacial score (nSPS) is 26.7. The summed E-state index contributed by atoms with van der Waals surface area (Å²) in [7, 11) is 0. The molecule has 0 N–H and O–H groups in total. The van der Waals surface area contributed by atoms with Crippen molar-refractivity contribution in [1.82, 2.24) is 0 Å². The maximum Gasteiger partial charge on any atom is 0.416 e. The average Bonchev–Trinajstić information content (AvgIpc) is 2.99. The largest absolute Gasteiger partial charge is 0.416 e. The SMILES string of the molecule is CC1(c2cc(C(F)(F)F)cc(C(F)(F)F)c2)CC1CBr. The molecular formula is C13H11BrF6. The molecule has 1 fully saturated rings. The van der Waals surface area contributed by atoms with Crippen molar-refractivity contribution < 1.29 is 26.3 Å². The number of halogens is 7. The van der Waals surface area contributed by atoms with Crippen molar-refractivity contribution in [2.75, 3.05) is 5.33 Å². The van der Waals surface area contributed by atoms with Gasteiger partial charge in [0.15, 0.2) is 0 Å². The summed E-state index contributed by atoms with van der Waals surface area (Å²) in [5, 5.41) is 0.557. The van der Waals surface area contributed by atoms with E-state index in [1.54, 1.807) is 6.92 Å². The Bertz CT molecular complexity index is 486. The Labute approximate surface area is 120 Å². The van der Waals surface area contributed by atoms with E-state index >= 15 is 0 Å². The highest BCUT2D eigenvalue weighted by molar-refractivity contribution is 9.09. The molecule has 2 unspecified atom stereocenters. The zero-order chi connectivity index (χ0) is 15.3. The van der Waals surface area contributed by atoms with Gasteiger partial charge in [-0.2, -0.15) is 26.3 Å². The zero-order valence-corrected chi connectivity index (χ0v) is 12.0. The first kappa shape index (κ1) is 15.7. The van der Waals surface area contributed by atoms with Crippen LogP contribution in [-0.4, -0.2) is 5.33 Å². The van der Waals surface area contributed by atoms with Gasteiger partial charge >= 0.3 is 12.4 Å². The molecule has 0 nitrogen and oxygen atoms in total. The average molecular weight is 361 g/mol. The molecule has 0 heterocycles. The monoisotopic (exact) mass is 360 g/mol. The van der Waals surface area contributed by atoms with Gasteiger partial charge in [0, 0.05) is 5.33 Å². The van der Waals surface area contributed by atoms with Gasteiger partial charge in [0.25, 0.3) is 0 Å². The van der Waals surface area contributed by atoms with Crippen molar-refractivity contribution >= 4 is 15.9 Å². The lowest BCUT2D eigenvalue weighted by atomic mass is 9.92. The van der Waals surface area contributed by atoms with E-state index in [-0.39, 0.29) is 17.5 Å². The van der Waals surface area contributed by atoms with E-state index in [9.17, 15) is 26.3 Å². The molecule has 7 heteroatoms. The molecule has 0 amide bonds. The van der Waals surface area contributed by atoms with E-state index in [1.807, 2.05) is 0 Å². The number of alkyl halides is 7. The van der Waals surface area contributed by atoms with Crippen LogP contribution in [0.25, 0.3) is 0 Å². The molecular weight excluding hydrogens is 350 g/mol. The lowest BCUT2D eigenvalue weighted by Crippen LogP contribution is -2.15. The van der Waals surface area contributed by atoms with Gasteiger partial charge in [0.05, 0.1) is 11.1 Å². The standard InChI is InChI=1S/C13H11BrF6/c1-11(5-10(11)6-14)7-2-8(12(15,16)17)4-9(3-7)13(18,19)20/h2-4,10H,5-6H2,1H3. The molecule has 112 valence electrons. The number of rotatable bonds is 2. The first-order valence-corrected chi connectivity index (χ1v) is 6.96. The second-order valence-electron chi connectivity index (χ2n) is 5.27. The summed E-state index contributed by atoms with van der Waals surface area (Å²) >= 11 is 3.22. The highest BCUT2D eigenvalue weighted by Gasteiger charge is 2.51. The van der Waals surface area contributed by atoms with Gasteiger partial charge in [0.1, 0.15) is 0 Å². The Balaban J connectivity index is 2.53. The summed E-state index contributed by atoms with van der Waals surface area (Å²) < 4.78 is 76.5. The lowest BCUT2D eigenvalue weighted by Gasteiger charge is -2.18. The van der Waals surface area contributed by atoms with Crippen molar-refractivity contribution in [2.45, 2.75) is 31.1 Å². The number of hydrogen-bond donors (Lipinski definition) is 0. The lowest BCUT2D eigenvalue weighted by molar-refractivity contribution is -0.143. The summed E-state index contributed by atoms with van der Waals surface area (Å²) in [4.78, 5) is 0.